The lowest BCUT2D eigenvalue weighted by Gasteiger charge is -2.15. The molecule has 0 aromatic heterocycles. The molecule has 0 aliphatic rings. The molecule has 19 heavy (non-hydrogen) atoms. The summed E-state index contributed by atoms with van der Waals surface area (Å²) in [6, 6.07) is 6.16. The summed E-state index contributed by atoms with van der Waals surface area (Å²) in [5, 5.41) is 5.22. The molecule has 2 amide bonds. The molecule has 0 bridgehead atoms. The van der Waals surface area contributed by atoms with Gasteiger partial charge in [0.05, 0.1) is 6.04 Å². The lowest BCUT2D eigenvalue weighted by atomic mass is 10.0. The molecule has 6 heteroatoms. The second-order valence-electron chi connectivity index (χ2n) is 4.42. The number of hydrogen-bond acceptors (Lipinski definition) is 3. The fraction of sp³-hybridized carbons (Fsp3) is 0.385. The van der Waals surface area contributed by atoms with Crippen LogP contribution < -0.4 is 16.4 Å². The number of carbonyl (C=O) groups excluding carboxylic acids is 2. The zero-order chi connectivity index (χ0) is 13.7. The quantitative estimate of drug-likeness (QED) is 0.781. The van der Waals surface area contributed by atoms with Crippen molar-refractivity contribution in [1.82, 2.24) is 5.32 Å². The van der Waals surface area contributed by atoms with Crippen LogP contribution in [0.2, 0.25) is 0 Å². The van der Waals surface area contributed by atoms with Crippen molar-refractivity contribution in [2.24, 2.45) is 11.7 Å². The first-order valence-corrected chi connectivity index (χ1v) is 5.84. The summed E-state index contributed by atoms with van der Waals surface area (Å²) in [6.07, 6.45) is 0. The van der Waals surface area contributed by atoms with Crippen LogP contribution in [0, 0.1) is 5.92 Å². The molecule has 106 valence electrons. The van der Waals surface area contributed by atoms with Crippen LogP contribution in [0.4, 0.5) is 5.69 Å². The summed E-state index contributed by atoms with van der Waals surface area (Å²) < 4.78 is 0. The molecule has 0 aliphatic carbocycles. The predicted octanol–water partition coefficient (Wildman–Crippen LogP) is 1.39. The highest BCUT2D eigenvalue weighted by atomic mass is 35.5. The summed E-state index contributed by atoms with van der Waals surface area (Å²) in [4.78, 5) is 23.2. The molecule has 1 atom stereocenters. The van der Waals surface area contributed by atoms with Crippen molar-refractivity contribution < 1.29 is 9.59 Å². The van der Waals surface area contributed by atoms with Crippen molar-refractivity contribution >= 4 is 29.9 Å². The summed E-state index contributed by atoms with van der Waals surface area (Å²) >= 11 is 0. The molecule has 0 radical (unpaired) electrons. The first kappa shape index (κ1) is 17.4. The molecule has 1 rings (SSSR count). The molecule has 0 spiro atoms. The van der Waals surface area contributed by atoms with Gasteiger partial charge in [-0.05, 0) is 24.1 Å². The van der Waals surface area contributed by atoms with Crippen LogP contribution in [-0.2, 0) is 4.79 Å². The number of halogens is 1. The van der Waals surface area contributed by atoms with Crippen LogP contribution >= 0.6 is 12.4 Å². The van der Waals surface area contributed by atoms with E-state index in [0.717, 1.165) is 0 Å². The predicted molar refractivity (Wildman–Crippen MR) is 78.5 cm³/mol. The maximum Gasteiger partial charge on any atom is 0.251 e. The number of hydrogen-bond donors (Lipinski definition) is 3. The van der Waals surface area contributed by atoms with Gasteiger partial charge in [-0.3, -0.25) is 9.59 Å². The maximum atomic E-state index is 11.8. The van der Waals surface area contributed by atoms with E-state index >= 15 is 0 Å². The molecule has 0 heterocycles. The van der Waals surface area contributed by atoms with E-state index in [0.29, 0.717) is 11.3 Å². The Labute approximate surface area is 119 Å². The third kappa shape index (κ3) is 4.89. The third-order valence-corrected chi connectivity index (χ3v) is 2.64. The Balaban J connectivity index is 0.00000324. The van der Waals surface area contributed by atoms with Gasteiger partial charge < -0.3 is 16.4 Å². The Morgan fingerprint density at radius 3 is 2.42 bits per heavy atom. The second-order valence-corrected chi connectivity index (χ2v) is 4.42. The lowest BCUT2D eigenvalue weighted by molar-refractivity contribution is -0.118. The zero-order valence-corrected chi connectivity index (χ0v) is 12.1. The Kier molecular flexibility index (Phi) is 7.11. The molecule has 1 unspecified atom stereocenters. The minimum Gasteiger partial charge on any atom is -0.355 e. The Morgan fingerprint density at radius 1 is 1.26 bits per heavy atom. The maximum absolute atomic E-state index is 11.8. The number of benzene rings is 1. The number of nitrogens with one attached hydrogen (secondary N) is 2. The number of anilines is 1. The summed E-state index contributed by atoms with van der Waals surface area (Å²) in [6.45, 7) is 3.76. The van der Waals surface area contributed by atoms with Crippen molar-refractivity contribution in [2.45, 2.75) is 19.9 Å². The van der Waals surface area contributed by atoms with Crippen LogP contribution in [0.25, 0.3) is 0 Å². The van der Waals surface area contributed by atoms with Gasteiger partial charge in [0.15, 0.2) is 0 Å². The second kappa shape index (κ2) is 7.76. The van der Waals surface area contributed by atoms with Crippen molar-refractivity contribution in [2.75, 3.05) is 12.4 Å². The molecule has 0 saturated carbocycles. The van der Waals surface area contributed by atoms with Gasteiger partial charge in [-0.2, -0.15) is 0 Å². The van der Waals surface area contributed by atoms with Crippen molar-refractivity contribution in [1.29, 1.82) is 0 Å². The van der Waals surface area contributed by atoms with Crippen LogP contribution in [0.3, 0.4) is 0 Å². The van der Waals surface area contributed by atoms with Crippen LogP contribution in [-0.4, -0.2) is 24.9 Å². The standard InChI is InChI=1S/C13H19N3O2.ClH/c1-8(2)11(14)13(18)16-10-6-4-5-9(7-10)12(17)15-3;/h4-8,11H,14H2,1-3H3,(H,15,17)(H,16,18);1H. The van der Waals surface area contributed by atoms with Gasteiger partial charge in [0.2, 0.25) is 5.91 Å². The van der Waals surface area contributed by atoms with E-state index < -0.39 is 6.04 Å². The molecule has 1 aromatic rings. The van der Waals surface area contributed by atoms with Crippen molar-refractivity contribution in [3.63, 3.8) is 0 Å². The Bertz CT molecular complexity index is 449. The van der Waals surface area contributed by atoms with Gasteiger partial charge in [-0.25, -0.2) is 0 Å². The molecule has 4 N–H and O–H groups in total. The van der Waals surface area contributed by atoms with E-state index in [4.69, 9.17) is 5.73 Å². The SMILES string of the molecule is CNC(=O)c1cccc(NC(=O)C(N)C(C)C)c1.Cl. The highest BCUT2D eigenvalue weighted by Crippen LogP contribution is 2.12. The van der Waals surface area contributed by atoms with E-state index in [-0.39, 0.29) is 30.1 Å². The number of amides is 2. The van der Waals surface area contributed by atoms with E-state index in [2.05, 4.69) is 10.6 Å². The fourth-order valence-corrected chi connectivity index (χ4v) is 1.41. The summed E-state index contributed by atoms with van der Waals surface area (Å²) in [5.74, 6) is -0.384. The van der Waals surface area contributed by atoms with Gasteiger partial charge in [0.25, 0.3) is 5.91 Å². The Hall–Kier alpha value is -1.59. The molecule has 1 aromatic carbocycles. The number of nitrogens with two attached hydrogens (primary N) is 1. The fourth-order valence-electron chi connectivity index (χ4n) is 1.41. The van der Waals surface area contributed by atoms with Gasteiger partial charge in [-0.1, -0.05) is 19.9 Å². The normalized spacial score (nSPS) is 11.4. The smallest absolute Gasteiger partial charge is 0.251 e. The van der Waals surface area contributed by atoms with Gasteiger partial charge in [0, 0.05) is 18.3 Å². The van der Waals surface area contributed by atoms with E-state index in [1.165, 1.54) is 0 Å². The monoisotopic (exact) mass is 285 g/mol. The topological polar surface area (TPSA) is 84.2 Å². The van der Waals surface area contributed by atoms with Crippen molar-refractivity contribution in [3.8, 4) is 0 Å². The first-order valence-electron chi connectivity index (χ1n) is 5.84. The Morgan fingerprint density at radius 2 is 1.89 bits per heavy atom. The third-order valence-electron chi connectivity index (χ3n) is 2.64. The summed E-state index contributed by atoms with van der Waals surface area (Å²) in [7, 11) is 1.56. The van der Waals surface area contributed by atoms with Crippen LogP contribution in [0.15, 0.2) is 24.3 Å². The average molecular weight is 286 g/mol. The highest BCUT2D eigenvalue weighted by molar-refractivity contribution is 5.98. The van der Waals surface area contributed by atoms with Gasteiger partial charge in [0.1, 0.15) is 0 Å². The molecular formula is C13H20ClN3O2. The molecule has 0 aliphatic heterocycles. The summed E-state index contributed by atoms with van der Waals surface area (Å²) in [5.41, 5.74) is 6.80. The van der Waals surface area contributed by atoms with E-state index in [9.17, 15) is 9.59 Å². The van der Waals surface area contributed by atoms with Crippen LogP contribution in [0.1, 0.15) is 24.2 Å². The van der Waals surface area contributed by atoms with Crippen LogP contribution in [0.5, 0.6) is 0 Å². The lowest BCUT2D eigenvalue weighted by Crippen LogP contribution is -2.39. The molecule has 0 fully saturated rings. The average Bonchev–Trinajstić information content (AvgIpc) is 2.36. The van der Waals surface area contributed by atoms with Crippen molar-refractivity contribution in [3.05, 3.63) is 29.8 Å². The zero-order valence-electron chi connectivity index (χ0n) is 11.3. The van der Waals surface area contributed by atoms with E-state index in [1.807, 2.05) is 13.8 Å². The molecule has 0 saturated heterocycles. The van der Waals surface area contributed by atoms with Gasteiger partial charge in [-0.15, -0.1) is 12.4 Å². The van der Waals surface area contributed by atoms with Gasteiger partial charge >= 0.3 is 0 Å². The largest absolute Gasteiger partial charge is 0.355 e. The minimum atomic E-state index is -0.561. The first-order chi connectivity index (χ1) is 8.45. The number of rotatable bonds is 4. The molecule has 5 nitrogen and oxygen atoms in total. The van der Waals surface area contributed by atoms with E-state index in [1.54, 1.807) is 31.3 Å². The number of carbonyl (C=O) groups is 2. The highest BCUT2D eigenvalue weighted by Gasteiger charge is 2.17. The minimum absolute atomic E-state index is 0. The molecular weight excluding hydrogens is 266 g/mol.